The lowest BCUT2D eigenvalue weighted by atomic mass is 9.88. The molecule has 5 heteroatoms. The topological polar surface area (TPSA) is 49.9 Å². The van der Waals surface area contributed by atoms with Gasteiger partial charge in [-0.2, -0.15) is 0 Å². The second-order valence-corrected chi connectivity index (χ2v) is 7.95. The van der Waals surface area contributed by atoms with E-state index in [9.17, 15) is 9.59 Å². The van der Waals surface area contributed by atoms with Crippen molar-refractivity contribution in [2.75, 3.05) is 31.1 Å². The van der Waals surface area contributed by atoms with Crippen LogP contribution in [-0.4, -0.2) is 48.6 Å². The summed E-state index contributed by atoms with van der Waals surface area (Å²) in [5.74, 6) is -0.511. The second-order valence-electron chi connectivity index (χ2n) is 7.95. The van der Waals surface area contributed by atoms with Gasteiger partial charge in [-0.1, -0.05) is 30.3 Å². The Morgan fingerprint density at radius 3 is 2.46 bits per heavy atom. The number of carbonyl (C=O) groups excluding carboxylic acids is 2. The van der Waals surface area contributed by atoms with Crippen molar-refractivity contribution in [1.29, 1.82) is 0 Å². The molecule has 1 saturated heterocycles. The van der Waals surface area contributed by atoms with E-state index in [0.717, 1.165) is 18.7 Å². The third-order valence-corrected chi connectivity index (χ3v) is 6.02. The van der Waals surface area contributed by atoms with Gasteiger partial charge in [0.1, 0.15) is 0 Å². The molecule has 1 atom stereocenters. The van der Waals surface area contributed by atoms with E-state index in [1.54, 1.807) is 13.0 Å². The first kappa shape index (κ1) is 18.5. The minimum absolute atomic E-state index is 0.101. The molecule has 0 radical (unpaired) electrons. The third-order valence-electron chi connectivity index (χ3n) is 6.02. The zero-order chi connectivity index (χ0) is 19.9. The van der Waals surface area contributed by atoms with Gasteiger partial charge < -0.3 is 14.5 Å². The lowest BCUT2D eigenvalue weighted by molar-refractivity contribution is -0.151. The molecule has 1 amide bonds. The highest BCUT2D eigenvalue weighted by molar-refractivity contribution is 5.97. The number of hydrogen-bond acceptors (Lipinski definition) is 4. The molecular formula is C23H26N2O3. The number of esters is 1. The molecule has 2 aromatic carbocycles. The van der Waals surface area contributed by atoms with Gasteiger partial charge in [0.05, 0.1) is 5.56 Å². The molecule has 4 rings (SSSR count). The molecule has 0 saturated carbocycles. The molecular weight excluding hydrogens is 352 g/mol. The van der Waals surface area contributed by atoms with Crippen LogP contribution in [0.5, 0.6) is 0 Å². The molecule has 2 aromatic rings. The predicted octanol–water partition coefficient (Wildman–Crippen LogP) is 3.12. The van der Waals surface area contributed by atoms with Crippen molar-refractivity contribution in [3.63, 3.8) is 0 Å². The third kappa shape index (κ3) is 3.15. The van der Waals surface area contributed by atoms with Crippen molar-refractivity contribution in [3.05, 3.63) is 64.7 Å². The molecule has 1 unspecified atom stereocenters. The highest BCUT2D eigenvalue weighted by Gasteiger charge is 2.45. The van der Waals surface area contributed by atoms with E-state index in [-0.39, 0.29) is 5.91 Å². The molecule has 0 aliphatic carbocycles. The van der Waals surface area contributed by atoms with Crippen LogP contribution in [0, 0.1) is 13.8 Å². The molecule has 1 fully saturated rings. The van der Waals surface area contributed by atoms with Crippen molar-refractivity contribution in [1.82, 2.24) is 4.90 Å². The van der Waals surface area contributed by atoms with Gasteiger partial charge in [-0.25, -0.2) is 4.79 Å². The standard InChI is InChI=1S/C23H26N2O3/c1-16-7-6-10-20(17(16)2)24-11-13-25(14-12-24)22(27)23(3)15-18-8-4-5-9-19(18)21(26)28-23/h4-10H,11-15H2,1-3H3. The van der Waals surface area contributed by atoms with Gasteiger partial charge in [0.15, 0.2) is 5.60 Å². The number of cyclic esters (lactones) is 1. The fraction of sp³-hybridized carbons (Fsp3) is 0.391. The molecule has 0 aromatic heterocycles. The van der Waals surface area contributed by atoms with Crippen LogP contribution in [0.25, 0.3) is 0 Å². The average molecular weight is 378 g/mol. The summed E-state index contributed by atoms with van der Waals surface area (Å²) >= 11 is 0. The first-order chi connectivity index (χ1) is 13.4. The maximum atomic E-state index is 13.2. The summed E-state index contributed by atoms with van der Waals surface area (Å²) in [5, 5.41) is 0. The van der Waals surface area contributed by atoms with Gasteiger partial charge in [-0.15, -0.1) is 0 Å². The van der Waals surface area contributed by atoms with Crippen LogP contribution in [0.2, 0.25) is 0 Å². The average Bonchev–Trinajstić information content (AvgIpc) is 2.69. The van der Waals surface area contributed by atoms with Gasteiger partial charge in [0.2, 0.25) is 0 Å². The maximum absolute atomic E-state index is 13.2. The van der Waals surface area contributed by atoms with Crippen LogP contribution < -0.4 is 4.90 Å². The number of nitrogens with zero attached hydrogens (tertiary/aromatic N) is 2. The number of rotatable bonds is 2. The second kappa shape index (κ2) is 6.97. The van der Waals surface area contributed by atoms with E-state index in [1.165, 1.54) is 16.8 Å². The Kier molecular flexibility index (Phi) is 4.61. The highest BCUT2D eigenvalue weighted by atomic mass is 16.6. The molecule has 5 nitrogen and oxygen atoms in total. The Morgan fingerprint density at radius 1 is 1.00 bits per heavy atom. The summed E-state index contributed by atoms with van der Waals surface area (Å²) in [4.78, 5) is 29.8. The molecule has 2 heterocycles. The number of anilines is 1. The molecule has 0 bridgehead atoms. The summed E-state index contributed by atoms with van der Waals surface area (Å²) in [6.45, 7) is 8.80. The Labute approximate surface area is 165 Å². The van der Waals surface area contributed by atoms with Gasteiger partial charge in [-0.3, -0.25) is 4.79 Å². The van der Waals surface area contributed by atoms with Crippen LogP contribution in [0.3, 0.4) is 0 Å². The van der Waals surface area contributed by atoms with Crippen molar-refractivity contribution >= 4 is 17.6 Å². The Hall–Kier alpha value is -2.82. The minimum atomic E-state index is -1.13. The number of hydrogen-bond donors (Lipinski definition) is 0. The number of benzene rings is 2. The monoisotopic (exact) mass is 378 g/mol. The quantitative estimate of drug-likeness (QED) is 0.754. The van der Waals surface area contributed by atoms with E-state index in [0.29, 0.717) is 25.1 Å². The summed E-state index contributed by atoms with van der Waals surface area (Å²) < 4.78 is 5.62. The van der Waals surface area contributed by atoms with Crippen molar-refractivity contribution in [3.8, 4) is 0 Å². The van der Waals surface area contributed by atoms with E-state index in [2.05, 4.69) is 36.9 Å². The molecule has 28 heavy (non-hydrogen) atoms. The molecule has 2 aliphatic heterocycles. The van der Waals surface area contributed by atoms with Crippen molar-refractivity contribution in [2.24, 2.45) is 0 Å². The first-order valence-electron chi connectivity index (χ1n) is 9.81. The lowest BCUT2D eigenvalue weighted by Crippen LogP contribution is -2.58. The zero-order valence-corrected chi connectivity index (χ0v) is 16.7. The molecule has 0 spiro atoms. The Morgan fingerprint density at radius 2 is 1.71 bits per heavy atom. The van der Waals surface area contributed by atoms with E-state index < -0.39 is 11.6 Å². The SMILES string of the molecule is Cc1cccc(N2CCN(C(=O)C3(C)Cc4ccccc4C(=O)O3)CC2)c1C. The number of piperazine rings is 1. The van der Waals surface area contributed by atoms with E-state index in [1.807, 2.05) is 23.1 Å². The molecule has 0 N–H and O–H groups in total. The van der Waals surface area contributed by atoms with Crippen LogP contribution in [0.15, 0.2) is 42.5 Å². The molecule has 146 valence electrons. The number of ether oxygens (including phenoxy) is 1. The maximum Gasteiger partial charge on any atom is 0.339 e. The van der Waals surface area contributed by atoms with Crippen LogP contribution in [-0.2, 0) is 16.0 Å². The van der Waals surface area contributed by atoms with Gasteiger partial charge in [0.25, 0.3) is 5.91 Å². The van der Waals surface area contributed by atoms with E-state index >= 15 is 0 Å². The summed E-state index contributed by atoms with van der Waals surface area (Å²) in [6, 6.07) is 13.7. The largest absolute Gasteiger partial charge is 0.445 e. The van der Waals surface area contributed by atoms with Crippen molar-refractivity contribution in [2.45, 2.75) is 32.8 Å². The van der Waals surface area contributed by atoms with Crippen LogP contribution >= 0.6 is 0 Å². The summed E-state index contributed by atoms with van der Waals surface area (Å²) in [5.41, 5.74) is 4.10. The van der Waals surface area contributed by atoms with Crippen LogP contribution in [0.4, 0.5) is 5.69 Å². The van der Waals surface area contributed by atoms with E-state index in [4.69, 9.17) is 4.74 Å². The fourth-order valence-electron chi connectivity index (χ4n) is 4.22. The fourth-order valence-corrected chi connectivity index (χ4v) is 4.22. The number of fused-ring (bicyclic) bond motifs is 1. The highest BCUT2D eigenvalue weighted by Crippen LogP contribution is 2.31. The smallest absolute Gasteiger partial charge is 0.339 e. The normalized spacial score (nSPS) is 21.9. The van der Waals surface area contributed by atoms with Crippen molar-refractivity contribution < 1.29 is 14.3 Å². The Bertz CT molecular complexity index is 931. The summed E-state index contributed by atoms with van der Waals surface area (Å²) in [6.07, 6.45) is 0.422. The Balaban J connectivity index is 1.47. The van der Waals surface area contributed by atoms with Gasteiger partial charge in [0, 0.05) is 38.3 Å². The number of amides is 1. The summed E-state index contributed by atoms with van der Waals surface area (Å²) in [7, 11) is 0. The first-order valence-corrected chi connectivity index (χ1v) is 9.81. The molecule has 2 aliphatic rings. The minimum Gasteiger partial charge on any atom is -0.445 e. The predicted molar refractivity (Wildman–Crippen MR) is 109 cm³/mol. The zero-order valence-electron chi connectivity index (χ0n) is 16.7. The number of aryl methyl sites for hydroxylation is 1. The van der Waals surface area contributed by atoms with Gasteiger partial charge >= 0.3 is 5.97 Å². The van der Waals surface area contributed by atoms with Gasteiger partial charge in [-0.05, 0) is 49.6 Å². The number of carbonyl (C=O) groups is 2. The van der Waals surface area contributed by atoms with Crippen LogP contribution in [0.1, 0.15) is 34.0 Å². The lowest BCUT2D eigenvalue weighted by Gasteiger charge is -2.41.